The molecule has 0 aliphatic carbocycles. The first-order valence-corrected chi connectivity index (χ1v) is 14.2. The lowest BCUT2D eigenvalue weighted by molar-refractivity contribution is 0.120. The van der Waals surface area contributed by atoms with Crippen molar-refractivity contribution in [2.24, 2.45) is 0 Å². The van der Waals surface area contributed by atoms with Crippen molar-refractivity contribution in [1.29, 1.82) is 5.26 Å². The minimum absolute atomic E-state index is 0.205. The Hall–Kier alpha value is -3.14. The number of aromatic nitrogens is 3. The summed E-state index contributed by atoms with van der Waals surface area (Å²) in [5, 5.41) is 11.7. The van der Waals surface area contributed by atoms with Crippen molar-refractivity contribution in [2.75, 3.05) is 56.9 Å². The first-order chi connectivity index (χ1) is 18.9. The number of hydrogen-bond donors (Lipinski definition) is 1. The molecule has 0 saturated carbocycles. The van der Waals surface area contributed by atoms with Crippen LogP contribution in [0.4, 0.5) is 15.3 Å². The van der Waals surface area contributed by atoms with Gasteiger partial charge in [-0.15, -0.1) is 11.3 Å². The number of halogens is 2. The minimum atomic E-state index is -0.523. The third-order valence-electron chi connectivity index (χ3n) is 8.23. The highest BCUT2D eigenvalue weighted by molar-refractivity contribution is 7.23. The molecule has 3 aliphatic heterocycles. The molecule has 1 atom stereocenters. The number of thiophene rings is 1. The molecule has 1 aromatic carbocycles. The highest BCUT2D eigenvalue weighted by Crippen LogP contribution is 2.47. The van der Waals surface area contributed by atoms with Crippen LogP contribution in [-0.4, -0.2) is 77.1 Å². The molecular formula is C27H26ClFN8OS. The van der Waals surface area contributed by atoms with E-state index in [4.69, 9.17) is 32.0 Å². The number of nitriles is 1. The molecule has 0 radical (unpaired) electrons. The van der Waals surface area contributed by atoms with Crippen molar-refractivity contribution in [2.45, 2.75) is 25.7 Å². The Morgan fingerprint density at radius 3 is 2.74 bits per heavy atom. The van der Waals surface area contributed by atoms with Gasteiger partial charge in [0.2, 0.25) is 5.95 Å². The second-order valence-corrected chi connectivity index (χ2v) is 11.8. The molecule has 3 aliphatic rings. The van der Waals surface area contributed by atoms with Gasteiger partial charge in [0.15, 0.2) is 5.82 Å². The van der Waals surface area contributed by atoms with E-state index in [2.05, 4.69) is 32.8 Å². The number of ether oxygens (including phenoxy) is 1. The normalized spacial score (nSPS) is 20.3. The van der Waals surface area contributed by atoms with Crippen LogP contribution < -0.4 is 10.6 Å². The van der Waals surface area contributed by atoms with Crippen LogP contribution in [0.5, 0.6) is 0 Å². The molecule has 2 N–H and O–H groups in total. The molecule has 0 bridgehead atoms. The first kappa shape index (κ1) is 24.9. The van der Waals surface area contributed by atoms with E-state index >= 15 is 0 Å². The van der Waals surface area contributed by atoms with E-state index in [1.807, 2.05) is 6.20 Å². The summed E-state index contributed by atoms with van der Waals surface area (Å²) in [5.74, 6) is 0.117. The molecule has 39 heavy (non-hydrogen) atoms. The number of pyridine rings is 1. The van der Waals surface area contributed by atoms with Gasteiger partial charge < -0.3 is 20.3 Å². The molecule has 2 saturated heterocycles. The number of hydrogen-bond acceptors (Lipinski definition) is 10. The van der Waals surface area contributed by atoms with Gasteiger partial charge in [-0.1, -0.05) is 11.6 Å². The van der Waals surface area contributed by atoms with Crippen LogP contribution in [0.25, 0.3) is 32.2 Å². The predicted octanol–water partition coefficient (Wildman–Crippen LogP) is 4.01. The number of anilines is 2. The molecule has 200 valence electrons. The summed E-state index contributed by atoms with van der Waals surface area (Å²) in [5.41, 5.74) is 9.72. The zero-order chi connectivity index (χ0) is 26.8. The lowest BCUT2D eigenvalue weighted by Gasteiger charge is -2.36. The molecule has 12 heteroatoms. The van der Waals surface area contributed by atoms with Gasteiger partial charge in [-0.3, -0.25) is 9.88 Å². The van der Waals surface area contributed by atoms with Crippen LogP contribution in [0.1, 0.15) is 23.1 Å². The Balaban J connectivity index is 1.34. The molecule has 0 amide bonds. The number of nitrogens with two attached hydrogens (primary N) is 1. The zero-order valence-electron chi connectivity index (χ0n) is 21.4. The van der Waals surface area contributed by atoms with Crippen molar-refractivity contribution >= 4 is 54.9 Å². The minimum Gasteiger partial charge on any atom is -0.389 e. The molecule has 0 unspecified atom stereocenters. The van der Waals surface area contributed by atoms with Crippen LogP contribution in [-0.2, 0) is 18.0 Å². The standard InChI is InChI=1S/C27H26ClFN8OS/c1-35-4-6-36(7-5-35)14-2-3-37(11-14)27-33-9-16-17-12-38-13-18(17)20(22(28)23(16)34-27)24-21-15(8-30)26(31)39-25(21)19(29)10-32-24/h9-10,14H,2-7,11-13,31H2,1H3/t14-/m0/s1. The molecule has 2 fully saturated rings. The van der Waals surface area contributed by atoms with Gasteiger partial charge in [-0.25, -0.2) is 14.4 Å². The first-order valence-electron chi connectivity index (χ1n) is 13.0. The van der Waals surface area contributed by atoms with Crippen molar-refractivity contribution in [3.63, 3.8) is 0 Å². The summed E-state index contributed by atoms with van der Waals surface area (Å²) in [6, 6.07) is 2.60. The van der Waals surface area contributed by atoms with Gasteiger partial charge in [0, 0.05) is 67.8 Å². The van der Waals surface area contributed by atoms with Gasteiger partial charge in [0.1, 0.15) is 11.1 Å². The smallest absolute Gasteiger partial charge is 0.225 e. The van der Waals surface area contributed by atoms with E-state index in [-0.39, 0.29) is 15.3 Å². The molecule has 6 heterocycles. The number of nitrogen functional groups attached to an aromatic ring is 1. The third-order valence-corrected chi connectivity index (χ3v) is 9.63. The Kier molecular flexibility index (Phi) is 6.06. The number of benzene rings is 1. The molecule has 3 aromatic heterocycles. The maximum absolute atomic E-state index is 14.7. The monoisotopic (exact) mass is 564 g/mol. The second kappa shape index (κ2) is 9.50. The summed E-state index contributed by atoms with van der Waals surface area (Å²) in [7, 11) is 2.17. The molecular weight excluding hydrogens is 539 g/mol. The van der Waals surface area contributed by atoms with E-state index in [0.717, 1.165) is 79.7 Å². The van der Waals surface area contributed by atoms with Crippen molar-refractivity contribution in [1.82, 2.24) is 24.8 Å². The quantitative estimate of drug-likeness (QED) is 0.395. The third kappa shape index (κ3) is 3.93. The number of piperazine rings is 1. The maximum atomic E-state index is 14.7. The average molecular weight is 565 g/mol. The Bertz CT molecular complexity index is 1680. The summed E-state index contributed by atoms with van der Waals surface area (Å²) in [6.07, 6.45) is 4.06. The van der Waals surface area contributed by atoms with Crippen LogP contribution in [0.3, 0.4) is 0 Å². The SMILES string of the molecule is CN1CCN([C@H]2CCN(c3ncc4c5c(c(-c6ncc(F)c7sc(N)c(C#N)c67)c(Cl)c4n3)COC5)C2)CC1. The fourth-order valence-corrected chi connectivity index (χ4v) is 7.37. The Morgan fingerprint density at radius 2 is 1.95 bits per heavy atom. The van der Waals surface area contributed by atoms with Crippen molar-refractivity contribution in [3.05, 3.63) is 39.9 Å². The summed E-state index contributed by atoms with van der Waals surface area (Å²) < 4.78 is 20.9. The molecule has 4 aromatic rings. The fourth-order valence-electron chi connectivity index (χ4n) is 6.10. The summed E-state index contributed by atoms with van der Waals surface area (Å²) in [6.45, 7) is 6.77. The number of rotatable bonds is 3. The zero-order valence-corrected chi connectivity index (χ0v) is 22.9. The summed E-state index contributed by atoms with van der Waals surface area (Å²) >= 11 is 8.16. The van der Waals surface area contributed by atoms with Crippen LogP contribution >= 0.6 is 22.9 Å². The number of fused-ring (bicyclic) bond motifs is 4. The van der Waals surface area contributed by atoms with E-state index in [1.54, 1.807) is 0 Å². The van der Waals surface area contributed by atoms with E-state index in [0.29, 0.717) is 52.4 Å². The van der Waals surface area contributed by atoms with Crippen LogP contribution in [0, 0.1) is 17.1 Å². The fraction of sp³-hybridized carbons (Fsp3) is 0.407. The highest BCUT2D eigenvalue weighted by Gasteiger charge is 2.32. The van der Waals surface area contributed by atoms with Gasteiger partial charge in [0.05, 0.1) is 45.9 Å². The Morgan fingerprint density at radius 1 is 1.15 bits per heavy atom. The van der Waals surface area contributed by atoms with E-state index < -0.39 is 5.82 Å². The maximum Gasteiger partial charge on any atom is 0.225 e. The van der Waals surface area contributed by atoms with Gasteiger partial charge in [-0.2, -0.15) is 5.26 Å². The van der Waals surface area contributed by atoms with Crippen molar-refractivity contribution in [3.8, 4) is 17.3 Å². The van der Waals surface area contributed by atoms with E-state index in [1.165, 1.54) is 0 Å². The van der Waals surface area contributed by atoms with Gasteiger partial charge >= 0.3 is 0 Å². The lowest BCUT2D eigenvalue weighted by Crippen LogP contribution is -2.49. The van der Waals surface area contributed by atoms with Crippen LogP contribution in [0.2, 0.25) is 5.02 Å². The lowest BCUT2D eigenvalue weighted by atomic mass is 9.94. The van der Waals surface area contributed by atoms with Crippen molar-refractivity contribution < 1.29 is 9.13 Å². The number of likely N-dealkylation sites (N-methyl/N-ethyl adjacent to an activating group) is 1. The van der Waals surface area contributed by atoms with E-state index in [9.17, 15) is 9.65 Å². The predicted molar refractivity (Wildman–Crippen MR) is 150 cm³/mol. The highest BCUT2D eigenvalue weighted by atomic mass is 35.5. The largest absolute Gasteiger partial charge is 0.389 e. The summed E-state index contributed by atoms with van der Waals surface area (Å²) in [4.78, 5) is 21.3. The molecule has 9 nitrogen and oxygen atoms in total. The van der Waals surface area contributed by atoms with Gasteiger partial charge in [-0.05, 0) is 24.6 Å². The Labute approximate surface area is 233 Å². The van der Waals surface area contributed by atoms with Crippen LogP contribution in [0.15, 0.2) is 12.4 Å². The average Bonchev–Trinajstić information content (AvgIpc) is 3.69. The topological polar surface area (TPSA) is 107 Å². The number of nitrogens with zero attached hydrogens (tertiary/aromatic N) is 7. The second-order valence-electron chi connectivity index (χ2n) is 10.4. The molecule has 7 rings (SSSR count). The molecule has 0 spiro atoms. The van der Waals surface area contributed by atoms with Gasteiger partial charge in [0.25, 0.3) is 0 Å².